The average molecular weight is 340 g/mol. The van der Waals surface area contributed by atoms with Gasteiger partial charge in [-0.05, 0) is 24.6 Å². The van der Waals surface area contributed by atoms with Gasteiger partial charge in [-0.3, -0.25) is 0 Å². The lowest BCUT2D eigenvalue weighted by atomic mass is 10.1. The van der Waals surface area contributed by atoms with Crippen LogP contribution in [0, 0.1) is 6.92 Å². The summed E-state index contributed by atoms with van der Waals surface area (Å²) in [6.07, 6.45) is 5.57. The number of anilines is 1. The summed E-state index contributed by atoms with van der Waals surface area (Å²) in [5.41, 5.74) is 5.44. The van der Waals surface area contributed by atoms with E-state index in [4.69, 9.17) is 0 Å². The number of aryl methyl sites for hydroxylation is 1. The third-order valence-corrected chi connectivity index (χ3v) is 4.39. The highest BCUT2D eigenvalue weighted by Crippen LogP contribution is 2.35. The SMILES string of the molecule is C=CCNc1ncnc2c1c(-c1ccccc1)cn2-c1ccc(C)cc1. The molecule has 0 amide bonds. The molecule has 0 saturated heterocycles. The second kappa shape index (κ2) is 6.84. The molecule has 0 unspecified atom stereocenters. The quantitative estimate of drug-likeness (QED) is 0.520. The summed E-state index contributed by atoms with van der Waals surface area (Å²) in [5, 5.41) is 4.35. The zero-order chi connectivity index (χ0) is 17.9. The molecular weight excluding hydrogens is 320 g/mol. The van der Waals surface area contributed by atoms with Crippen LogP contribution in [0.15, 0.2) is 79.8 Å². The fourth-order valence-corrected chi connectivity index (χ4v) is 3.10. The molecule has 0 atom stereocenters. The average Bonchev–Trinajstić information content (AvgIpc) is 3.08. The highest BCUT2D eigenvalue weighted by atomic mass is 15.1. The minimum Gasteiger partial charge on any atom is -0.366 e. The molecule has 2 aromatic carbocycles. The Balaban J connectivity index is 1.99. The van der Waals surface area contributed by atoms with Gasteiger partial charge in [-0.2, -0.15) is 0 Å². The number of nitrogens with zero attached hydrogens (tertiary/aromatic N) is 3. The maximum Gasteiger partial charge on any atom is 0.150 e. The van der Waals surface area contributed by atoms with Gasteiger partial charge in [-0.25, -0.2) is 9.97 Å². The third kappa shape index (κ3) is 2.86. The van der Waals surface area contributed by atoms with Crippen molar-refractivity contribution < 1.29 is 0 Å². The summed E-state index contributed by atoms with van der Waals surface area (Å²) < 4.78 is 2.12. The molecule has 4 nitrogen and oxygen atoms in total. The molecule has 0 saturated carbocycles. The molecule has 4 rings (SSSR count). The number of nitrogens with one attached hydrogen (secondary N) is 1. The molecule has 0 spiro atoms. The summed E-state index contributed by atoms with van der Waals surface area (Å²) in [7, 11) is 0. The van der Waals surface area contributed by atoms with Crippen LogP contribution >= 0.6 is 0 Å². The Morgan fingerprint density at radius 2 is 1.81 bits per heavy atom. The first-order valence-electron chi connectivity index (χ1n) is 8.61. The molecule has 0 aliphatic rings. The Hall–Kier alpha value is -3.40. The van der Waals surface area contributed by atoms with E-state index in [1.165, 1.54) is 5.56 Å². The van der Waals surface area contributed by atoms with Crippen molar-refractivity contribution in [3.8, 4) is 16.8 Å². The lowest BCUT2D eigenvalue weighted by Crippen LogP contribution is -2.02. The van der Waals surface area contributed by atoms with Gasteiger partial charge in [0.15, 0.2) is 5.65 Å². The van der Waals surface area contributed by atoms with Crippen molar-refractivity contribution in [1.29, 1.82) is 0 Å². The zero-order valence-electron chi connectivity index (χ0n) is 14.7. The molecule has 0 aliphatic carbocycles. The molecule has 0 aliphatic heterocycles. The monoisotopic (exact) mass is 340 g/mol. The lowest BCUT2D eigenvalue weighted by Gasteiger charge is -2.07. The maximum absolute atomic E-state index is 4.58. The molecular formula is C22H20N4. The van der Waals surface area contributed by atoms with Gasteiger partial charge in [0.25, 0.3) is 0 Å². The Bertz CT molecular complexity index is 1050. The first-order valence-corrected chi connectivity index (χ1v) is 8.61. The maximum atomic E-state index is 4.58. The predicted octanol–water partition coefficient (Wildman–Crippen LogP) is 4.99. The normalized spacial score (nSPS) is 10.8. The van der Waals surface area contributed by atoms with Crippen LogP contribution in [0.3, 0.4) is 0 Å². The van der Waals surface area contributed by atoms with Gasteiger partial charge in [0.2, 0.25) is 0 Å². The summed E-state index contributed by atoms with van der Waals surface area (Å²) in [4.78, 5) is 9.05. The van der Waals surface area contributed by atoms with Gasteiger partial charge >= 0.3 is 0 Å². The van der Waals surface area contributed by atoms with E-state index in [0.29, 0.717) is 6.54 Å². The molecule has 0 radical (unpaired) electrons. The van der Waals surface area contributed by atoms with Gasteiger partial charge in [0.1, 0.15) is 12.1 Å². The van der Waals surface area contributed by atoms with Crippen LogP contribution in [0.1, 0.15) is 5.56 Å². The largest absolute Gasteiger partial charge is 0.366 e. The minimum absolute atomic E-state index is 0.649. The van der Waals surface area contributed by atoms with E-state index in [-0.39, 0.29) is 0 Å². The molecule has 0 bridgehead atoms. The first kappa shape index (κ1) is 16.1. The van der Waals surface area contributed by atoms with Crippen molar-refractivity contribution in [3.63, 3.8) is 0 Å². The number of rotatable bonds is 5. The molecule has 1 N–H and O–H groups in total. The molecule has 2 heterocycles. The fraction of sp³-hybridized carbons (Fsp3) is 0.0909. The highest BCUT2D eigenvalue weighted by Gasteiger charge is 2.16. The van der Waals surface area contributed by atoms with Gasteiger partial charge in [0, 0.05) is 24.0 Å². The van der Waals surface area contributed by atoms with E-state index >= 15 is 0 Å². The van der Waals surface area contributed by atoms with E-state index in [2.05, 4.69) is 75.9 Å². The highest BCUT2D eigenvalue weighted by molar-refractivity contribution is 6.02. The fourth-order valence-electron chi connectivity index (χ4n) is 3.10. The molecule has 2 aromatic heterocycles. The van der Waals surface area contributed by atoms with E-state index in [0.717, 1.165) is 33.7 Å². The van der Waals surface area contributed by atoms with Crippen LogP contribution in [-0.2, 0) is 0 Å². The van der Waals surface area contributed by atoms with E-state index in [9.17, 15) is 0 Å². The van der Waals surface area contributed by atoms with Crippen LogP contribution in [0.2, 0.25) is 0 Å². The van der Waals surface area contributed by atoms with Crippen molar-refractivity contribution in [2.24, 2.45) is 0 Å². The van der Waals surface area contributed by atoms with Gasteiger partial charge in [0.05, 0.1) is 5.39 Å². The van der Waals surface area contributed by atoms with E-state index in [1.54, 1.807) is 6.33 Å². The molecule has 0 fully saturated rings. The Labute approximate surface area is 152 Å². The summed E-state index contributed by atoms with van der Waals surface area (Å²) in [5.74, 6) is 0.819. The standard InChI is InChI=1S/C22H20N4/c1-3-13-23-21-20-19(17-7-5-4-6-8-17)14-26(22(20)25-15-24-21)18-11-9-16(2)10-12-18/h3-12,14-15H,1,13H2,2H3,(H,23,24,25). The van der Waals surface area contributed by atoms with E-state index in [1.807, 2.05) is 24.3 Å². The molecule has 26 heavy (non-hydrogen) atoms. The first-order chi connectivity index (χ1) is 12.8. The summed E-state index contributed by atoms with van der Waals surface area (Å²) in [6, 6.07) is 18.8. The van der Waals surface area contributed by atoms with Crippen molar-refractivity contribution in [2.45, 2.75) is 6.92 Å². The number of hydrogen-bond donors (Lipinski definition) is 1. The van der Waals surface area contributed by atoms with Crippen molar-refractivity contribution in [1.82, 2.24) is 14.5 Å². The van der Waals surface area contributed by atoms with Crippen LogP contribution in [0.5, 0.6) is 0 Å². The van der Waals surface area contributed by atoms with Crippen molar-refractivity contribution in [3.05, 3.63) is 85.3 Å². The second-order valence-electron chi connectivity index (χ2n) is 6.20. The predicted molar refractivity (Wildman–Crippen MR) is 108 cm³/mol. The lowest BCUT2D eigenvalue weighted by molar-refractivity contribution is 1.07. The number of fused-ring (bicyclic) bond motifs is 1. The number of hydrogen-bond acceptors (Lipinski definition) is 3. The molecule has 4 aromatic rings. The number of benzene rings is 2. The van der Waals surface area contributed by atoms with Gasteiger partial charge in [-0.1, -0.05) is 54.1 Å². The Kier molecular flexibility index (Phi) is 4.23. The molecule has 4 heteroatoms. The van der Waals surface area contributed by atoms with Gasteiger partial charge in [-0.15, -0.1) is 6.58 Å². The van der Waals surface area contributed by atoms with Gasteiger partial charge < -0.3 is 9.88 Å². The van der Waals surface area contributed by atoms with Crippen molar-refractivity contribution in [2.75, 3.05) is 11.9 Å². The Morgan fingerprint density at radius 1 is 1.04 bits per heavy atom. The van der Waals surface area contributed by atoms with Crippen LogP contribution in [-0.4, -0.2) is 21.1 Å². The van der Waals surface area contributed by atoms with Crippen LogP contribution in [0.25, 0.3) is 27.8 Å². The van der Waals surface area contributed by atoms with E-state index < -0.39 is 0 Å². The Morgan fingerprint density at radius 3 is 2.54 bits per heavy atom. The minimum atomic E-state index is 0.649. The molecule has 128 valence electrons. The van der Waals surface area contributed by atoms with Crippen LogP contribution in [0.4, 0.5) is 5.82 Å². The topological polar surface area (TPSA) is 42.7 Å². The summed E-state index contributed by atoms with van der Waals surface area (Å²) in [6.45, 7) is 6.52. The smallest absolute Gasteiger partial charge is 0.150 e. The van der Waals surface area contributed by atoms with Crippen LogP contribution < -0.4 is 5.32 Å². The number of aromatic nitrogens is 3. The third-order valence-electron chi connectivity index (χ3n) is 4.39. The zero-order valence-corrected chi connectivity index (χ0v) is 14.7. The second-order valence-corrected chi connectivity index (χ2v) is 6.20. The summed E-state index contributed by atoms with van der Waals surface area (Å²) >= 11 is 0. The van der Waals surface area contributed by atoms with Crippen molar-refractivity contribution >= 4 is 16.9 Å².